The molecule has 2 atom stereocenters. The maximum absolute atomic E-state index is 13.4. The second-order valence-electron chi connectivity index (χ2n) is 11.6. The van der Waals surface area contributed by atoms with Crippen molar-refractivity contribution in [2.45, 2.75) is 70.9 Å². The molecule has 3 heterocycles. The second kappa shape index (κ2) is 14.1. The molecule has 44 heavy (non-hydrogen) atoms. The van der Waals surface area contributed by atoms with Crippen LogP contribution in [-0.2, 0) is 37.0 Å². The third-order valence-corrected chi connectivity index (χ3v) is 7.05. The number of nitrogens with one attached hydrogen (secondary N) is 1. The van der Waals surface area contributed by atoms with Crippen molar-refractivity contribution in [2.75, 3.05) is 37.6 Å². The Bertz CT molecular complexity index is 1340. The number of nitrogens with zero attached hydrogens (tertiary/aromatic N) is 7. The van der Waals surface area contributed by atoms with E-state index < -0.39 is 54.6 Å². The van der Waals surface area contributed by atoms with Crippen molar-refractivity contribution in [3.63, 3.8) is 0 Å². The first kappa shape index (κ1) is 32.2. The van der Waals surface area contributed by atoms with E-state index in [1.54, 1.807) is 59.7 Å². The average Bonchev–Trinajstić information content (AvgIpc) is 3.65. The lowest BCUT2D eigenvalue weighted by atomic mass is 10.1. The van der Waals surface area contributed by atoms with Gasteiger partial charge in [0.05, 0.1) is 6.42 Å². The summed E-state index contributed by atoms with van der Waals surface area (Å²) in [6.07, 6.45) is -0.713. The highest BCUT2D eigenvalue weighted by atomic mass is 16.6. The molecule has 0 radical (unpaired) electrons. The number of alkyl carbamates (subject to hydrolysis) is 1. The van der Waals surface area contributed by atoms with E-state index in [0.717, 1.165) is 16.8 Å². The predicted octanol–water partition coefficient (Wildman–Crippen LogP) is 1.06. The molecule has 0 spiro atoms. The highest BCUT2D eigenvalue weighted by molar-refractivity contribution is 5.90. The van der Waals surface area contributed by atoms with Crippen molar-refractivity contribution in [1.82, 2.24) is 35.3 Å². The van der Waals surface area contributed by atoms with Crippen LogP contribution < -0.4 is 10.2 Å². The average molecular weight is 615 g/mol. The minimum Gasteiger partial charge on any atom is -0.481 e. The Morgan fingerprint density at radius 1 is 1.02 bits per heavy atom. The summed E-state index contributed by atoms with van der Waals surface area (Å²) in [5.74, 6) is -1.90. The number of hydrogen-bond acceptors (Lipinski definition) is 11. The van der Waals surface area contributed by atoms with Gasteiger partial charge in [0.1, 0.15) is 30.8 Å². The van der Waals surface area contributed by atoms with Crippen molar-refractivity contribution >= 4 is 35.8 Å². The summed E-state index contributed by atoms with van der Waals surface area (Å²) >= 11 is 0. The Morgan fingerprint density at radius 2 is 1.70 bits per heavy atom. The molecule has 2 N–H and O–H groups in total. The van der Waals surface area contributed by atoms with E-state index in [2.05, 4.69) is 20.7 Å². The summed E-state index contributed by atoms with van der Waals surface area (Å²) in [7, 11) is 0. The van der Waals surface area contributed by atoms with E-state index in [1.807, 2.05) is 6.07 Å². The molecule has 16 heteroatoms. The maximum atomic E-state index is 13.4. The molecular formula is C28H38N8O8. The van der Waals surface area contributed by atoms with Crippen LogP contribution >= 0.6 is 0 Å². The van der Waals surface area contributed by atoms with Crippen molar-refractivity contribution in [3.05, 3.63) is 35.9 Å². The highest BCUT2D eigenvalue weighted by Gasteiger charge is 2.38. The molecule has 0 saturated carbocycles. The van der Waals surface area contributed by atoms with E-state index in [-0.39, 0.29) is 18.5 Å². The fourth-order valence-corrected chi connectivity index (χ4v) is 4.90. The molecule has 0 bridgehead atoms. The minimum atomic E-state index is -1.38. The van der Waals surface area contributed by atoms with Crippen LogP contribution in [0.4, 0.5) is 15.5 Å². The number of carbonyl (C=O) groups is 5. The molecule has 2 aliphatic rings. The van der Waals surface area contributed by atoms with Gasteiger partial charge >= 0.3 is 18.2 Å². The molecule has 2 fully saturated rings. The van der Waals surface area contributed by atoms with E-state index in [9.17, 15) is 29.1 Å². The SMILES string of the molecule is CC(C)(C)OC(=O)N1CCN(C(=O)[C@H]2CCCN2c2nnn(CC(=O)C(CC(=O)O)NC(=O)OCc3ccccc3)n2)CC1. The van der Waals surface area contributed by atoms with Gasteiger partial charge in [0.2, 0.25) is 5.91 Å². The molecule has 3 amide bonds. The zero-order valence-corrected chi connectivity index (χ0v) is 25.0. The Kier molecular flexibility index (Phi) is 10.3. The summed E-state index contributed by atoms with van der Waals surface area (Å²) in [4.78, 5) is 68.4. The number of rotatable bonds is 10. The van der Waals surface area contributed by atoms with Crippen LogP contribution in [0.25, 0.3) is 0 Å². The smallest absolute Gasteiger partial charge is 0.410 e. The molecule has 2 aliphatic heterocycles. The van der Waals surface area contributed by atoms with E-state index in [0.29, 0.717) is 39.1 Å². The topological polar surface area (TPSA) is 189 Å². The Hall–Kier alpha value is -4.76. The van der Waals surface area contributed by atoms with Gasteiger partial charge in [-0.05, 0) is 44.4 Å². The Morgan fingerprint density at radius 3 is 2.36 bits per heavy atom. The Balaban J connectivity index is 1.32. The van der Waals surface area contributed by atoms with Gasteiger partial charge in [-0.25, -0.2) is 9.59 Å². The summed E-state index contributed by atoms with van der Waals surface area (Å²) in [6, 6.07) is 6.97. The van der Waals surface area contributed by atoms with Gasteiger partial charge in [-0.3, -0.25) is 14.4 Å². The zero-order chi connectivity index (χ0) is 31.9. The third kappa shape index (κ3) is 8.87. The lowest BCUT2D eigenvalue weighted by Crippen LogP contribution is -2.55. The number of Topliss-reactive ketones (excluding diaryl/α,β-unsaturated/α-hetero) is 1. The van der Waals surface area contributed by atoms with E-state index in [1.165, 1.54) is 0 Å². The normalized spacial score (nSPS) is 17.6. The van der Waals surface area contributed by atoms with Crippen LogP contribution in [0.1, 0.15) is 45.6 Å². The van der Waals surface area contributed by atoms with Crippen LogP contribution in [0.3, 0.4) is 0 Å². The summed E-state index contributed by atoms with van der Waals surface area (Å²) < 4.78 is 10.5. The number of carboxylic acids is 1. The van der Waals surface area contributed by atoms with E-state index in [4.69, 9.17) is 9.47 Å². The number of hydrogen-bond donors (Lipinski definition) is 2. The number of aromatic nitrogens is 4. The van der Waals surface area contributed by atoms with Crippen molar-refractivity contribution in [2.24, 2.45) is 0 Å². The van der Waals surface area contributed by atoms with Crippen molar-refractivity contribution < 1.29 is 38.6 Å². The first-order valence-electron chi connectivity index (χ1n) is 14.4. The predicted molar refractivity (Wildman–Crippen MR) is 153 cm³/mol. The number of ether oxygens (including phenoxy) is 2. The Labute approximate surface area is 254 Å². The summed E-state index contributed by atoms with van der Waals surface area (Å²) in [5.41, 5.74) is 0.121. The number of tetrazole rings is 1. The number of carbonyl (C=O) groups excluding carboxylic acids is 4. The standard InChI is InChI=1S/C28H38N8O8/c1-28(2,3)44-27(42)34-14-12-33(13-15-34)24(40)21-10-7-11-35(21)25-30-32-36(31-25)17-22(37)20(16-23(38)39)29-26(41)43-18-19-8-5-4-6-9-19/h4-6,8-9,20-21H,7,10-18H2,1-3H3,(H,29,41)(H,38,39)/t20?,21-/m1/s1. The van der Waals surface area contributed by atoms with Crippen LogP contribution in [0.15, 0.2) is 30.3 Å². The van der Waals surface area contributed by atoms with Gasteiger partial charge in [-0.15, -0.1) is 5.10 Å². The van der Waals surface area contributed by atoms with E-state index >= 15 is 0 Å². The molecule has 238 valence electrons. The van der Waals surface area contributed by atoms with Crippen LogP contribution in [0, 0.1) is 0 Å². The second-order valence-corrected chi connectivity index (χ2v) is 11.6. The first-order chi connectivity index (χ1) is 20.9. The van der Waals surface area contributed by atoms with Gasteiger partial charge in [-0.1, -0.05) is 35.4 Å². The molecule has 16 nitrogen and oxygen atoms in total. The van der Waals surface area contributed by atoms with Crippen molar-refractivity contribution in [3.8, 4) is 0 Å². The number of carboxylic acid groups (broad SMARTS) is 1. The molecule has 2 aromatic rings. The number of aliphatic carboxylic acids is 1. The fourth-order valence-electron chi connectivity index (χ4n) is 4.90. The van der Waals surface area contributed by atoms with Gasteiger partial charge in [0, 0.05) is 32.7 Å². The van der Waals surface area contributed by atoms with Crippen LogP contribution in [0.2, 0.25) is 0 Å². The summed E-state index contributed by atoms with van der Waals surface area (Å²) in [5, 5.41) is 23.8. The van der Waals surface area contributed by atoms with Gasteiger partial charge in [0.15, 0.2) is 5.78 Å². The largest absolute Gasteiger partial charge is 0.481 e. The van der Waals surface area contributed by atoms with Gasteiger partial charge in [0.25, 0.3) is 5.95 Å². The summed E-state index contributed by atoms with van der Waals surface area (Å²) in [6.45, 7) is 6.84. The monoisotopic (exact) mass is 614 g/mol. The molecule has 1 aromatic carbocycles. The fraction of sp³-hybridized carbons (Fsp3) is 0.571. The quantitative estimate of drug-likeness (QED) is 0.388. The highest BCUT2D eigenvalue weighted by Crippen LogP contribution is 2.24. The third-order valence-electron chi connectivity index (χ3n) is 7.05. The zero-order valence-electron chi connectivity index (χ0n) is 25.0. The molecule has 4 rings (SSSR count). The molecule has 1 unspecified atom stereocenters. The lowest BCUT2D eigenvalue weighted by molar-refractivity contribution is -0.139. The number of amides is 3. The maximum Gasteiger partial charge on any atom is 0.410 e. The number of anilines is 1. The number of ketones is 1. The molecule has 1 aromatic heterocycles. The number of benzene rings is 1. The molecule has 2 saturated heterocycles. The molecule has 0 aliphatic carbocycles. The van der Waals surface area contributed by atoms with Crippen molar-refractivity contribution in [1.29, 1.82) is 0 Å². The number of piperazine rings is 1. The first-order valence-corrected chi connectivity index (χ1v) is 14.4. The minimum absolute atomic E-state index is 0.0518. The lowest BCUT2D eigenvalue weighted by Gasteiger charge is -2.37. The van der Waals surface area contributed by atoms with Crippen LogP contribution in [-0.4, -0.2) is 115 Å². The van der Waals surface area contributed by atoms with Gasteiger partial charge < -0.3 is 34.6 Å². The van der Waals surface area contributed by atoms with Gasteiger partial charge in [-0.2, -0.15) is 4.80 Å². The molecular weight excluding hydrogens is 576 g/mol. The van der Waals surface area contributed by atoms with Crippen LogP contribution in [0.5, 0.6) is 0 Å².